The molecule has 0 aromatic heterocycles. The van der Waals surface area contributed by atoms with Crippen LogP contribution in [0.5, 0.6) is 5.75 Å². The van der Waals surface area contributed by atoms with Gasteiger partial charge in [0.05, 0.1) is 14.2 Å². The number of alkyl halides is 2. The number of halogens is 2. The quantitative estimate of drug-likeness (QED) is 0.589. The van der Waals surface area contributed by atoms with E-state index in [4.69, 9.17) is 4.74 Å². The van der Waals surface area contributed by atoms with Gasteiger partial charge in [-0.15, -0.1) is 0 Å². The zero-order chi connectivity index (χ0) is 15.1. The van der Waals surface area contributed by atoms with Crippen LogP contribution in [0.15, 0.2) is 24.3 Å². The number of ether oxygens (including phenoxy) is 3. The van der Waals surface area contributed by atoms with Gasteiger partial charge in [0.1, 0.15) is 12.4 Å². The molecule has 0 unspecified atom stereocenters. The van der Waals surface area contributed by atoms with Gasteiger partial charge in [-0.2, -0.15) is 0 Å². The highest BCUT2D eigenvalue weighted by molar-refractivity contribution is 6.00. The first-order valence-corrected chi connectivity index (χ1v) is 5.66. The molecule has 110 valence electrons. The van der Waals surface area contributed by atoms with Crippen LogP contribution in [0.4, 0.5) is 8.78 Å². The number of hydrogen-bond acceptors (Lipinski definition) is 5. The zero-order valence-electron chi connectivity index (χ0n) is 11.0. The summed E-state index contributed by atoms with van der Waals surface area (Å²) in [4.78, 5) is 23.2. The Balaban J connectivity index is 2.99. The summed E-state index contributed by atoms with van der Waals surface area (Å²) in [5.74, 6) is -2.76. The summed E-state index contributed by atoms with van der Waals surface area (Å²) in [7, 11) is 2.27. The normalized spacial score (nSPS) is 10.5. The van der Waals surface area contributed by atoms with Crippen molar-refractivity contribution >= 4 is 11.9 Å². The molecule has 0 heterocycles. The molecule has 0 radical (unpaired) electrons. The monoisotopic (exact) mass is 288 g/mol. The summed E-state index contributed by atoms with van der Waals surface area (Å²) in [6, 6.07) is 5.72. The van der Waals surface area contributed by atoms with Crippen LogP contribution in [-0.2, 0) is 19.1 Å². The van der Waals surface area contributed by atoms with Gasteiger partial charge >= 0.3 is 11.9 Å². The highest BCUT2D eigenvalue weighted by Crippen LogP contribution is 2.23. The van der Waals surface area contributed by atoms with Gasteiger partial charge in [0, 0.05) is 0 Å². The molecule has 1 aromatic carbocycles. The second kappa shape index (κ2) is 7.42. The Bertz CT molecular complexity index is 460. The van der Waals surface area contributed by atoms with E-state index in [2.05, 4.69) is 9.47 Å². The van der Waals surface area contributed by atoms with E-state index >= 15 is 0 Å². The zero-order valence-corrected chi connectivity index (χ0v) is 11.0. The van der Waals surface area contributed by atoms with Crippen LogP contribution >= 0.6 is 0 Å². The smallest absolute Gasteiger partial charge is 0.324 e. The third kappa shape index (κ3) is 4.18. The fourth-order valence-corrected chi connectivity index (χ4v) is 1.55. The standard InChI is InChI=1S/C13H14F2O5/c1-18-12(16)11(13(17)19-2)8-4-3-5-9(6-8)20-7-10(14)15/h3-6,10-11H,7H2,1-2H3. The summed E-state index contributed by atoms with van der Waals surface area (Å²) in [5, 5.41) is 0. The first kappa shape index (κ1) is 15.9. The van der Waals surface area contributed by atoms with E-state index in [-0.39, 0.29) is 11.3 Å². The number of benzene rings is 1. The summed E-state index contributed by atoms with van der Waals surface area (Å²) in [6.07, 6.45) is -2.62. The number of hydrogen-bond donors (Lipinski definition) is 0. The summed E-state index contributed by atoms with van der Waals surface area (Å²) in [5.41, 5.74) is 0.246. The van der Waals surface area contributed by atoms with E-state index < -0.39 is 30.9 Å². The van der Waals surface area contributed by atoms with E-state index in [0.29, 0.717) is 0 Å². The molecule has 0 atom stereocenters. The molecule has 0 aliphatic carbocycles. The minimum absolute atomic E-state index is 0.126. The van der Waals surface area contributed by atoms with E-state index in [0.717, 1.165) is 14.2 Å². The molecule has 0 saturated heterocycles. The Kier molecular flexibility index (Phi) is 5.89. The summed E-state index contributed by atoms with van der Waals surface area (Å²) < 4.78 is 38.0. The maximum Gasteiger partial charge on any atom is 0.324 e. The Morgan fingerprint density at radius 1 is 1.15 bits per heavy atom. The van der Waals surface area contributed by atoms with E-state index in [1.165, 1.54) is 24.3 Å². The van der Waals surface area contributed by atoms with E-state index in [1.807, 2.05) is 0 Å². The summed E-state index contributed by atoms with van der Waals surface area (Å²) >= 11 is 0. The maximum absolute atomic E-state index is 12.1. The first-order valence-electron chi connectivity index (χ1n) is 5.66. The molecular formula is C13H14F2O5. The fourth-order valence-electron chi connectivity index (χ4n) is 1.55. The molecule has 7 heteroatoms. The lowest BCUT2D eigenvalue weighted by molar-refractivity contribution is -0.154. The second-order valence-electron chi connectivity index (χ2n) is 3.75. The highest BCUT2D eigenvalue weighted by atomic mass is 19.3. The lowest BCUT2D eigenvalue weighted by Gasteiger charge is -2.14. The summed E-state index contributed by atoms with van der Waals surface area (Å²) in [6.45, 7) is -0.773. The molecule has 0 fully saturated rings. The van der Waals surface area contributed by atoms with Crippen molar-refractivity contribution in [3.8, 4) is 5.75 Å². The SMILES string of the molecule is COC(=O)C(C(=O)OC)c1cccc(OCC(F)F)c1. The van der Waals surface area contributed by atoms with E-state index in [9.17, 15) is 18.4 Å². The van der Waals surface area contributed by atoms with Gasteiger partial charge in [0.25, 0.3) is 6.43 Å². The van der Waals surface area contributed by atoms with Gasteiger partial charge in [-0.25, -0.2) is 8.78 Å². The lowest BCUT2D eigenvalue weighted by atomic mass is 9.99. The topological polar surface area (TPSA) is 61.8 Å². The van der Waals surface area contributed by atoms with Crippen molar-refractivity contribution in [2.75, 3.05) is 20.8 Å². The van der Waals surface area contributed by atoms with Crippen molar-refractivity contribution < 1.29 is 32.6 Å². The minimum Gasteiger partial charge on any atom is -0.488 e. The van der Waals surface area contributed by atoms with Gasteiger partial charge in [-0.05, 0) is 17.7 Å². The van der Waals surface area contributed by atoms with Crippen LogP contribution in [0.3, 0.4) is 0 Å². The average Bonchev–Trinajstić information content (AvgIpc) is 2.45. The molecule has 20 heavy (non-hydrogen) atoms. The molecule has 0 spiro atoms. The Labute approximate surface area is 114 Å². The van der Waals surface area contributed by atoms with Crippen molar-refractivity contribution in [3.05, 3.63) is 29.8 Å². The van der Waals surface area contributed by atoms with Crippen molar-refractivity contribution in [2.24, 2.45) is 0 Å². The molecule has 1 aromatic rings. The van der Waals surface area contributed by atoms with Crippen LogP contribution in [0.2, 0.25) is 0 Å². The molecule has 0 aliphatic rings. The molecule has 0 aliphatic heterocycles. The predicted octanol–water partition coefficient (Wildman–Crippen LogP) is 1.76. The van der Waals surface area contributed by atoms with Gasteiger partial charge in [-0.1, -0.05) is 12.1 Å². The average molecular weight is 288 g/mol. The maximum atomic E-state index is 12.1. The van der Waals surface area contributed by atoms with Crippen LogP contribution in [0.1, 0.15) is 11.5 Å². The largest absolute Gasteiger partial charge is 0.488 e. The minimum atomic E-state index is -2.62. The molecule has 0 amide bonds. The van der Waals surface area contributed by atoms with Crippen LogP contribution in [-0.4, -0.2) is 39.2 Å². The van der Waals surface area contributed by atoms with Crippen molar-refractivity contribution in [2.45, 2.75) is 12.3 Å². The molecule has 0 bridgehead atoms. The fraction of sp³-hybridized carbons (Fsp3) is 0.385. The van der Waals surface area contributed by atoms with Crippen LogP contribution in [0, 0.1) is 0 Å². The number of carbonyl (C=O) groups excluding carboxylic acids is 2. The van der Waals surface area contributed by atoms with Crippen molar-refractivity contribution in [3.63, 3.8) is 0 Å². The number of esters is 2. The Hall–Kier alpha value is -2.18. The van der Waals surface area contributed by atoms with Gasteiger partial charge in [-0.3, -0.25) is 9.59 Å². The third-order valence-electron chi connectivity index (χ3n) is 2.44. The predicted molar refractivity (Wildman–Crippen MR) is 64.7 cm³/mol. The van der Waals surface area contributed by atoms with Gasteiger partial charge < -0.3 is 14.2 Å². The van der Waals surface area contributed by atoms with Crippen molar-refractivity contribution in [1.29, 1.82) is 0 Å². The second-order valence-corrected chi connectivity index (χ2v) is 3.75. The number of rotatable bonds is 6. The van der Waals surface area contributed by atoms with E-state index in [1.54, 1.807) is 0 Å². The number of methoxy groups -OCH3 is 2. The Morgan fingerprint density at radius 2 is 1.75 bits per heavy atom. The lowest BCUT2D eigenvalue weighted by Crippen LogP contribution is -2.24. The highest BCUT2D eigenvalue weighted by Gasteiger charge is 2.30. The molecule has 5 nitrogen and oxygen atoms in total. The van der Waals surface area contributed by atoms with Crippen molar-refractivity contribution in [1.82, 2.24) is 0 Å². The number of carbonyl (C=O) groups is 2. The van der Waals surface area contributed by atoms with Gasteiger partial charge in [0.15, 0.2) is 5.92 Å². The van der Waals surface area contributed by atoms with Crippen LogP contribution in [0.25, 0.3) is 0 Å². The Morgan fingerprint density at radius 3 is 2.25 bits per heavy atom. The third-order valence-corrected chi connectivity index (χ3v) is 2.44. The molecule has 0 N–H and O–H groups in total. The first-order chi connectivity index (χ1) is 9.49. The molecule has 0 saturated carbocycles. The molecule has 1 rings (SSSR count). The van der Waals surface area contributed by atoms with Crippen LogP contribution < -0.4 is 4.74 Å². The molecular weight excluding hydrogens is 274 g/mol. The van der Waals surface area contributed by atoms with Gasteiger partial charge in [0.2, 0.25) is 0 Å².